The number of carbonyl (C=O) groups excluding carboxylic acids is 1. The molecule has 2 aliphatic rings. The number of nitrogens with zero attached hydrogens (tertiary/aromatic N) is 3. The van der Waals surface area contributed by atoms with Gasteiger partial charge in [-0.2, -0.15) is 5.10 Å². The maximum absolute atomic E-state index is 11.2. The fraction of sp³-hybridized carbons (Fsp3) is 0.733. The predicted molar refractivity (Wildman–Crippen MR) is 73.9 cm³/mol. The topological polar surface area (TPSA) is 38.1 Å². The minimum atomic E-state index is 0.406. The maximum Gasteiger partial charge on any atom is 0.135 e. The molecule has 0 aromatic carbocycles. The molecule has 0 amide bonds. The Morgan fingerprint density at radius 3 is 2.63 bits per heavy atom. The molecule has 4 nitrogen and oxygen atoms in total. The van der Waals surface area contributed by atoms with Crippen molar-refractivity contribution in [2.24, 2.45) is 0 Å². The van der Waals surface area contributed by atoms with Gasteiger partial charge in [-0.05, 0) is 18.9 Å². The molecule has 1 aromatic rings. The van der Waals surface area contributed by atoms with Crippen LogP contribution >= 0.6 is 0 Å². The summed E-state index contributed by atoms with van der Waals surface area (Å²) in [5.41, 5.74) is 1.15. The summed E-state index contributed by atoms with van der Waals surface area (Å²) >= 11 is 0. The van der Waals surface area contributed by atoms with Crippen LogP contribution in [0.1, 0.15) is 56.7 Å². The molecule has 1 saturated heterocycles. The Labute approximate surface area is 114 Å². The van der Waals surface area contributed by atoms with Crippen LogP contribution in [0.15, 0.2) is 12.3 Å². The zero-order valence-corrected chi connectivity index (χ0v) is 11.6. The lowest BCUT2D eigenvalue weighted by Gasteiger charge is -2.25. The SMILES string of the molecule is O=C1CCN(Cc2ccn(C3CCCCC3)n2)CC1. The summed E-state index contributed by atoms with van der Waals surface area (Å²) in [5, 5.41) is 4.74. The summed E-state index contributed by atoms with van der Waals surface area (Å²) < 4.78 is 2.17. The number of Topliss-reactive ketones (excluding diaryl/α,β-unsaturated/α-hetero) is 1. The molecule has 1 aliphatic carbocycles. The van der Waals surface area contributed by atoms with E-state index in [1.165, 1.54) is 32.1 Å². The molecular formula is C15H23N3O. The van der Waals surface area contributed by atoms with Gasteiger partial charge in [0, 0.05) is 38.7 Å². The molecule has 1 aromatic heterocycles. The summed E-state index contributed by atoms with van der Waals surface area (Å²) in [4.78, 5) is 13.6. The minimum Gasteiger partial charge on any atom is -0.300 e. The van der Waals surface area contributed by atoms with Crippen molar-refractivity contribution >= 4 is 5.78 Å². The summed E-state index contributed by atoms with van der Waals surface area (Å²) in [7, 11) is 0. The molecular weight excluding hydrogens is 238 g/mol. The van der Waals surface area contributed by atoms with Gasteiger partial charge in [0.1, 0.15) is 5.78 Å². The molecule has 2 heterocycles. The highest BCUT2D eigenvalue weighted by Gasteiger charge is 2.19. The van der Waals surface area contributed by atoms with Gasteiger partial charge in [-0.3, -0.25) is 14.4 Å². The van der Waals surface area contributed by atoms with E-state index < -0.39 is 0 Å². The van der Waals surface area contributed by atoms with E-state index in [4.69, 9.17) is 5.10 Å². The molecule has 2 fully saturated rings. The van der Waals surface area contributed by atoms with E-state index in [1.807, 2.05) is 0 Å². The maximum atomic E-state index is 11.2. The van der Waals surface area contributed by atoms with E-state index in [-0.39, 0.29) is 0 Å². The van der Waals surface area contributed by atoms with Gasteiger partial charge < -0.3 is 0 Å². The summed E-state index contributed by atoms with van der Waals surface area (Å²) in [6.07, 6.45) is 10.2. The van der Waals surface area contributed by atoms with Crippen LogP contribution < -0.4 is 0 Å². The Bertz CT molecular complexity index is 424. The van der Waals surface area contributed by atoms with Crippen LogP contribution in [0.4, 0.5) is 0 Å². The smallest absolute Gasteiger partial charge is 0.135 e. The number of hydrogen-bond donors (Lipinski definition) is 0. The van der Waals surface area contributed by atoms with E-state index in [9.17, 15) is 4.79 Å². The predicted octanol–water partition coefficient (Wildman–Crippen LogP) is 2.55. The second-order valence-corrected chi connectivity index (χ2v) is 5.89. The molecule has 0 bridgehead atoms. The Hall–Kier alpha value is -1.16. The van der Waals surface area contributed by atoms with Crippen molar-refractivity contribution in [1.29, 1.82) is 0 Å². The lowest BCUT2D eigenvalue weighted by molar-refractivity contribution is -0.121. The first kappa shape index (κ1) is 12.9. The van der Waals surface area contributed by atoms with Gasteiger partial charge in [-0.15, -0.1) is 0 Å². The largest absolute Gasteiger partial charge is 0.300 e. The van der Waals surface area contributed by atoms with Crippen molar-refractivity contribution in [2.75, 3.05) is 13.1 Å². The third-order valence-electron chi connectivity index (χ3n) is 4.41. The monoisotopic (exact) mass is 261 g/mol. The van der Waals surface area contributed by atoms with E-state index in [0.29, 0.717) is 24.7 Å². The lowest BCUT2D eigenvalue weighted by Crippen LogP contribution is -2.33. The molecule has 1 saturated carbocycles. The van der Waals surface area contributed by atoms with E-state index in [1.54, 1.807) is 0 Å². The lowest BCUT2D eigenvalue weighted by atomic mass is 9.96. The third-order valence-corrected chi connectivity index (χ3v) is 4.41. The van der Waals surface area contributed by atoms with E-state index in [2.05, 4.69) is 21.8 Å². The van der Waals surface area contributed by atoms with Crippen LogP contribution in [0.25, 0.3) is 0 Å². The standard InChI is InChI=1S/C15H23N3O/c19-15-7-9-17(10-8-15)12-13-6-11-18(16-13)14-4-2-1-3-5-14/h6,11,14H,1-5,7-10,12H2. The van der Waals surface area contributed by atoms with Crippen molar-refractivity contribution in [3.63, 3.8) is 0 Å². The third kappa shape index (κ3) is 3.24. The summed E-state index contributed by atoms with van der Waals surface area (Å²) in [6, 6.07) is 2.76. The Balaban J connectivity index is 1.57. The van der Waals surface area contributed by atoms with Crippen molar-refractivity contribution < 1.29 is 4.79 Å². The van der Waals surface area contributed by atoms with Crippen LogP contribution in [-0.2, 0) is 11.3 Å². The van der Waals surface area contributed by atoms with Crippen molar-refractivity contribution in [2.45, 2.75) is 57.5 Å². The average Bonchev–Trinajstić information content (AvgIpc) is 2.91. The average molecular weight is 261 g/mol. The first-order valence-corrected chi connectivity index (χ1v) is 7.59. The van der Waals surface area contributed by atoms with Crippen LogP contribution in [0.2, 0.25) is 0 Å². The Morgan fingerprint density at radius 1 is 1.16 bits per heavy atom. The van der Waals surface area contributed by atoms with Gasteiger partial charge in [-0.25, -0.2) is 0 Å². The number of piperidine rings is 1. The second-order valence-electron chi connectivity index (χ2n) is 5.89. The van der Waals surface area contributed by atoms with Gasteiger partial charge in [0.05, 0.1) is 11.7 Å². The molecule has 19 heavy (non-hydrogen) atoms. The van der Waals surface area contributed by atoms with Crippen LogP contribution in [-0.4, -0.2) is 33.6 Å². The zero-order chi connectivity index (χ0) is 13.1. The number of rotatable bonds is 3. The number of likely N-dealkylation sites (tertiary alicyclic amines) is 1. The van der Waals surface area contributed by atoms with E-state index in [0.717, 1.165) is 25.3 Å². The molecule has 104 valence electrons. The minimum absolute atomic E-state index is 0.406. The van der Waals surface area contributed by atoms with Crippen molar-refractivity contribution in [3.05, 3.63) is 18.0 Å². The second kappa shape index (κ2) is 5.87. The van der Waals surface area contributed by atoms with Crippen LogP contribution in [0.5, 0.6) is 0 Å². The normalized spacial score (nSPS) is 22.8. The summed E-state index contributed by atoms with van der Waals surface area (Å²) in [5.74, 6) is 0.406. The van der Waals surface area contributed by atoms with Crippen LogP contribution in [0, 0.1) is 0 Å². The first-order valence-electron chi connectivity index (χ1n) is 7.59. The zero-order valence-electron chi connectivity index (χ0n) is 11.6. The van der Waals surface area contributed by atoms with Crippen molar-refractivity contribution in [1.82, 2.24) is 14.7 Å². The molecule has 0 atom stereocenters. The van der Waals surface area contributed by atoms with Gasteiger partial charge in [0.25, 0.3) is 0 Å². The number of hydrogen-bond acceptors (Lipinski definition) is 3. The highest BCUT2D eigenvalue weighted by Crippen LogP contribution is 2.27. The molecule has 0 unspecified atom stereocenters. The van der Waals surface area contributed by atoms with Gasteiger partial charge in [-0.1, -0.05) is 19.3 Å². The quantitative estimate of drug-likeness (QED) is 0.839. The Morgan fingerprint density at radius 2 is 1.89 bits per heavy atom. The van der Waals surface area contributed by atoms with Crippen LogP contribution in [0.3, 0.4) is 0 Å². The fourth-order valence-electron chi connectivity index (χ4n) is 3.20. The highest BCUT2D eigenvalue weighted by atomic mass is 16.1. The number of aromatic nitrogens is 2. The number of carbonyl (C=O) groups is 1. The number of ketones is 1. The van der Waals surface area contributed by atoms with Crippen molar-refractivity contribution in [3.8, 4) is 0 Å². The van der Waals surface area contributed by atoms with Gasteiger partial charge in [0.2, 0.25) is 0 Å². The molecule has 0 spiro atoms. The molecule has 0 N–H and O–H groups in total. The molecule has 4 heteroatoms. The van der Waals surface area contributed by atoms with Gasteiger partial charge in [0.15, 0.2) is 0 Å². The highest BCUT2D eigenvalue weighted by molar-refractivity contribution is 5.79. The first-order chi connectivity index (χ1) is 9.31. The molecule has 0 radical (unpaired) electrons. The summed E-state index contributed by atoms with van der Waals surface area (Å²) in [6.45, 7) is 2.69. The Kier molecular flexibility index (Phi) is 3.97. The van der Waals surface area contributed by atoms with E-state index >= 15 is 0 Å². The molecule has 3 rings (SSSR count). The van der Waals surface area contributed by atoms with Gasteiger partial charge >= 0.3 is 0 Å². The fourth-order valence-corrected chi connectivity index (χ4v) is 3.20. The molecule has 1 aliphatic heterocycles.